The number of benzene rings is 1. The molecule has 0 saturated carbocycles. The lowest BCUT2D eigenvalue weighted by atomic mass is 9.92. The Morgan fingerprint density at radius 2 is 1.91 bits per heavy atom. The molecule has 120 valence electrons. The number of nitrogens with zero attached hydrogens (tertiary/aromatic N) is 1. The molecule has 0 aliphatic heterocycles. The Labute approximate surface area is 131 Å². The van der Waals surface area contributed by atoms with Gasteiger partial charge in [-0.1, -0.05) is 37.6 Å². The van der Waals surface area contributed by atoms with Crippen molar-refractivity contribution < 1.29 is 12.9 Å². The maximum atomic E-state index is 12.3. The van der Waals surface area contributed by atoms with Crippen LogP contribution >= 0.6 is 0 Å². The Bertz CT molecular complexity index is 705. The number of hydrogen-bond donors (Lipinski definition) is 1. The predicted molar refractivity (Wildman–Crippen MR) is 86.4 cm³/mol. The summed E-state index contributed by atoms with van der Waals surface area (Å²) in [4.78, 5) is 0.225. The highest BCUT2D eigenvalue weighted by molar-refractivity contribution is 7.92. The van der Waals surface area contributed by atoms with Gasteiger partial charge in [0.1, 0.15) is 5.76 Å². The minimum Gasteiger partial charge on any atom is -0.360 e. The fourth-order valence-electron chi connectivity index (χ4n) is 2.49. The minimum atomic E-state index is -3.63. The van der Waals surface area contributed by atoms with Crippen LogP contribution in [0, 0.1) is 6.92 Å². The second-order valence-corrected chi connectivity index (χ2v) is 7.07. The number of hydrogen-bond acceptors (Lipinski definition) is 4. The number of aryl methyl sites for hydroxylation is 1. The number of nitrogens with one attached hydrogen (secondary N) is 1. The zero-order valence-electron chi connectivity index (χ0n) is 13.2. The van der Waals surface area contributed by atoms with E-state index >= 15 is 0 Å². The van der Waals surface area contributed by atoms with Gasteiger partial charge < -0.3 is 4.52 Å². The summed E-state index contributed by atoms with van der Waals surface area (Å²) >= 11 is 0. The molecule has 0 bridgehead atoms. The average molecular weight is 322 g/mol. The van der Waals surface area contributed by atoms with Crippen molar-refractivity contribution in [2.24, 2.45) is 0 Å². The van der Waals surface area contributed by atoms with E-state index in [9.17, 15) is 8.42 Å². The predicted octanol–water partition coefficient (Wildman–Crippen LogP) is 4.08. The first kappa shape index (κ1) is 16.5. The van der Waals surface area contributed by atoms with E-state index in [2.05, 4.69) is 23.7 Å². The van der Waals surface area contributed by atoms with Crippen molar-refractivity contribution in [3.63, 3.8) is 0 Å². The number of anilines is 1. The molecule has 6 heteroatoms. The van der Waals surface area contributed by atoms with Crippen LogP contribution in [0.15, 0.2) is 39.8 Å². The van der Waals surface area contributed by atoms with Crippen LogP contribution in [0.25, 0.3) is 0 Å². The monoisotopic (exact) mass is 322 g/mol. The van der Waals surface area contributed by atoms with Gasteiger partial charge in [0.05, 0.1) is 4.90 Å². The van der Waals surface area contributed by atoms with Gasteiger partial charge in [-0.25, -0.2) is 8.42 Å². The molecule has 1 heterocycles. The SMILES string of the molecule is CCCC(CC)c1ccc(S(=O)(=O)Nc2cc(C)on2)cc1. The summed E-state index contributed by atoms with van der Waals surface area (Å²) in [5, 5.41) is 3.64. The molecule has 2 aromatic rings. The van der Waals surface area contributed by atoms with Gasteiger partial charge in [-0.2, -0.15) is 0 Å². The maximum Gasteiger partial charge on any atom is 0.263 e. The lowest BCUT2D eigenvalue weighted by Crippen LogP contribution is -2.13. The van der Waals surface area contributed by atoms with E-state index in [0.29, 0.717) is 11.7 Å². The maximum absolute atomic E-state index is 12.3. The Hall–Kier alpha value is -1.82. The number of rotatable bonds is 7. The summed E-state index contributed by atoms with van der Waals surface area (Å²) in [5.41, 5.74) is 1.18. The zero-order valence-corrected chi connectivity index (χ0v) is 14.0. The largest absolute Gasteiger partial charge is 0.360 e. The molecule has 2 rings (SSSR count). The van der Waals surface area contributed by atoms with Crippen LogP contribution in [-0.2, 0) is 10.0 Å². The van der Waals surface area contributed by atoms with Crippen LogP contribution in [0.3, 0.4) is 0 Å². The summed E-state index contributed by atoms with van der Waals surface area (Å²) in [6.45, 7) is 6.02. The van der Waals surface area contributed by atoms with Crippen LogP contribution in [0.4, 0.5) is 5.82 Å². The first-order chi connectivity index (χ1) is 10.5. The van der Waals surface area contributed by atoms with Crippen LogP contribution in [0.1, 0.15) is 50.4 Å². The molecular weight excluding hydrogens is 300 g/mol. The van der Waals surface area contributed by atoms with E-state index in [1.807, 2.05) is 12.1 Å². The van der Waals surface area contributed by atoms with Crippen LogP contribution in [-0.4, -0.2) is 13.6 Å². The Balaban J connectivity index is 2.18. The lowest BCUT2D eigenvalue weighted by molar-refractivity contribution is 0.400. The Morgan fingerprint density at radius 1 is 1.23 bits per heavy atom. The Morgan fingerprint density at radius 3 is 2.41 bits per heavy atom. The van der Waals surface area contributed by atoms with Gasteiger partial charge >= 0.3 is 0 Å². The molecule has 22 heavy (non-hydrogen) atoms. The first-order valence-corrected chi connectivity index (χ1v) is 9.00. The minimum absolute atomic E-state index is 0.194. The normalized spacial score (nSPS) is 13.0. The summed E-state index contributed by atoms with van der Waals surface area (Å²) in [5.74, 6) is 1.23. The molecule has 1 aromatic heterocycles. The summed E-state index contributed by atoms with van der Waals surface area (Å²) in [6, 6.07) is 8.62. The third kappa shape index (κ3) is 3.88. The fraction of sp³-hybridized carbons (Fsp3) is 0.438. The summed E-state index contributed by atoms with van der Waals surface area (Å²) in [6.07, 6.45) is 3.28. The molecule has 0 amide bonds. The van der Waals surface area contributed by atoms with Crippen molar-refractivity contribution in [1.82, 2.24) is 5.16 Å². The molecule has 1 aromatic carbocycles. The van der Waals surface area contributed by atoms with Crippen LogP contribution in [0.5, 0.6) is 0 Å². The van der Waals surface area contributed by atoms with Gasteiger partial charge in [0.2, 0.25) is 0 Å². The van der Waals surface area contributed by atoms with E-state index in [1.165, 1.54) is 5.56 Å². The van der Waals surface area contributed by atoms with Crippen LogP contribution < -0.4 is 4.72 Å². The van der Waals surface area contributed by atoms with Gasteiger partial charge in [-0.15, -0.1) is 0 Å². The highest BCUT2D eigenvalue weighted by atomic mass is 32.2. The second kappa shape index (κ2) is 6.96. The standard InChI is InChI=1S/C16H22N2O3S/c1-4-6-13(5-2)14-7-9-15(10-8-14)22(19,20)18-16-11-12(3)21-17-16/h7-11,13H,4-6H2,1-3H3,(H,17,18). The molecule has 1 unspecified atom stereocenters. The zero-order chi connectivity index (χ0) is 16.2. The fourth-order valence-corrected chi connectivity index (χ4v) is 3.47. The molecule has 1 N–H and O–H groups in total. The van der Waals surface area contributed by atoms with Crippen molar-refractivity contribution >= 4 is 15.8 Å². The Kier molecular flexibility index (Phi) is 5.24. The van der Waals surface area contributed by atoms with E-state index in [-0.39, 0.29) is 10.7 Å². The molecule has 0 spiro atoms. The quantitative estimate of drug-likeness (QED) is 0.833. The van der Waals surface area contributed by atoms with Crippen molar-refractivity contribution in [2.45, 2.75) is 50.8 Å². The van der Waals surface area contributed by atoms with Gasteiger partial charge in [0.15, 0.2) is 5.82 Å². The third-order valence-corrected chi connectivity index (χ3v) is 5.03. The van der Waals surface area contributed by atoms with Crippen LogP contribution in [0.2, 0.25) is 0 Å². The topological polar surface area (TPSA) is 72.2 Å². The molecule has 5 nitrogen and oxygen atoms in total. The molecule has 0 saturated heterocycles. The van der Waals surface area contributed by atoms with E-state index in [4.69, 9.17) is 4.52 Å². The highest BCUT2D eigenvalue weighted by Gasteiger charge is 2.17. The third-order valence-electron chi connectivity index (χ3n) is 3.66. The van der Waals surface area contributed by atoms with Gasteiger partial charge in [-0.3, -0.25) is 4.72 Å². The van der Waals surface area contributed by atoms with Gasteiger partial charge in [0, 0.05) is 6.07 Å². The van der Waals surface area contributed by atoms with Gasteiger partial charge in [0.25, 0.3) is 10.0 Å². The summed E-state index contributed by atoms with van der Waals surface area (Å²) < 4.78 is 31.9. The van der Waals surface area contributed by atoms with E-state index in [0.717, 1.165) is 19.3 Å². The average Bonchev–Trinajstić information content (AvgIpc) is 2.89. The van der Waals surface area contributed by atoms with E-state index in [1.54, 1.807) is 25.1 Å². The highest BCUT2D eigenvalue weighted by Crippen LogP contribution is 2.26. The molecule has 0 radical (unpaired) electrons. The first-order valence-electron chi connectivity index (χ1n) is 7.52. The molecule has 1 atom stereocenters. The lowest BCUT2D eigenvalue weighted by Gasteiger charge is -2.14. The smallest absolute Gasteiger partial charge is 0.263 e. The number of aromatic nitrogens is 1. The number of sulfonamides is 1. The van der Waals surface area contributed by atoms with Crippen molar-refractivity contribution in [3.8, 4) is 0 Å². The molecular formula is C16H22N2O3S. The van der Waals surface area contributed by atoms with Crippen molar-refractivity contribution in [1.29, 1.82) is 0 Å². The van der Waals surface area contributed by atoms with Crippen molar-refractivity contribution in [2.75, 3.05) is 4.72 Å². The molecule has 0 aliphatic rings. The molecule has 0 aliphatic carbocycles. The second-order valence-electron chi connectivity index (χ2n) is 5.39. The molecule has 0 fully saturated rings. The summed E-state index contributed by atoms with van der Waals surface area (Å²) in [7, 11) is -3.63. The van der Waals surface area contributed by atoms with E-state index < -0.39 is 10.0 Å². The van der Waals surface area contributed by atoms with Crippen molar-refractivity contribution in [3.05, 3.63) is 41.7 Å². The van der Waals surface area contributed by atoms with Gasteiger partial charge in [-0.05, 0) is 43.4 Å².